The minimum atomic E-state index is -0.826. The molecule has 0 fully saturated rings. The molecule has 0 unspecified atom stereocenters. The summed E-state index contributed by atoms with van der Waals surface area (Å²) in [6.07, 6.45) is 22.3. The van der Waals surface area contributed by atoms with Crippen molar-refractivity contribution in [3.8, 4) is 0 Å². The maximum absolute atomic E-state index is 4.93. The van der Waals surface area contributed by atoms with Crippen molar-refractivity contribution in [3.05, 3.63) is 130 Å². The molecule has 0 heterocycles. The summed E-state index contributed by atoms with van der Waals surface area (Å²) in [6, 6.07) is 0. The van der Waals surface area contributed by atoms with E-state index in [1.54, 1.807) is 22.3 Å². The van der Waals surface area contributed by atoms with Gasteiger partial charge in [-0.2, -0.15) is 12.2 Å². The van der Waals surface area contributed by atoms with Crippen LogP contribution in [0.4, 0.5) is 0 Å². The SMILES string of the molecule is CC1=C(C)C(C)=C(C2=C(C)C(C)=C(C)C2)C1.[C-]1=CC=CC1.[C-]1=CC=CC1.[CH3-].[CH3-].[CH3-].[CH3-].[CH3-].[Cl-].[Cl-].[Cl][Zr][Cl].[Zr+2]. The molecular weight excluding hydrogens is 697 g/mol. The molecule has 6 heteroatoms. The first-order chi connectivity index (χ1) is 13.8. The summed E-state index contributed by atoms with van der Waals surface area (Å²) in [5.41, 5.74) is 12.4. The van der Waals surface area contributed by atoms with Crippen molar-refractivity contribution in [2.24, 2.45) is 0 Å². The summed E-state index contributed by atoms with van der Waals surface area (Å²) in [7, 11) is 9.87. The monoisotopic (exact) mass is 739 g/mol. The van der Waals surface area contributed by atoms with E-state index in [1.165, 1.54) is 35.1 Å². The van der Waals surface area contributed by atoms with Crippen molar-refractivity contribution in [2.45, 2.75) is 67.2 Å². The van der Waals surface area contributed by atoms with Crippen molar-refractivity contribution in [1.29, 1.82) is 0 Å². The topological polar surface area (TPSA) is 0 Å². The van der Waals surface area contributed by atoms with E-state index in [4.69, 9.17) is 17.0 Å². The standard InChI is InChI=1S/C16H22.2C5H5.5CH3.4ClH.2Zr/c1-9-7-15(13(5)11(9)3)16-8-10(2)12(4)14(16)6;2*1-2-4-5-3-1;;;;;;;;;;;/h7-8H2,1-6H3;2*1-3H,4H2;5*1H3;4*1H;;/q;7*-1;;;;;2*+2/p-4. The molecule has 0 aromatic carbocycles. The Morgan fingerprint density at radius 2 is 0.865 bits per heavy atom. The van der Waals surface area contributed by atoms with Crippen LogP contribution in [0.2, 0.25) is 0 Å². The van der Waals surface area contributed by atoms with Crippen molar-refractivity contribution < 1.29 is 71.9 Å². The molecule has 0 aromatic heterocycles. The summed E-state index contributed by atoms with van der Waals surface area (Å²) < 4.78 is 0. The third kappa shape index (κ3) is 20.4. The van der Waals surface area contributed by atoms with Gasteiger partial charge in [0.2, 0.25) is 0 Å². The zero-order valence-electron chi connectivity index (χ0n) is 24.8. The van der Waals surface area contributed by atoms with Crippen LogP contribution in [0.15, 0.2) is 81.0 Å². The Balaban J connectivity index is -0.0000000571. The van der Waals surface area contributed by atoms with Crippen molar-refractivity contribution in [2.75, 3.05) is 0 Å². The van der Waals surface area contributed by atoms with Crippen LogP contribution >= 0.6 is 17.0 Å². The fraction of sp³-hybridized carbons (Fsp3) is 0.323. The van der Waals surface area contributed by atoms with Gasteiger partial charge in [0.05, 0.1) is 0 Å². The molecule has 0 spiro atoms. The van der Waals surface area contributed by atoms with Gasteiger partial charge in [-0.05, 0) is 87.8 Å². The molecule has 0 bridgehead atoms. The Morgan fingerprint density at radius 1 is 0.595 bits per heavy atom. The van der Waals surface area contributed by atoms with Crippen LogP contribution in [0.25, 0.3) is 0 Å². The second-order valence-corrected chi connectivity index (χ2v) is 11.2. The average molecular weight is 744 g/mol. The predicted octanol–water partition coefficient (Wildman–Crippen LogP) is 5.34. The number of hydrogen-bond donors (Lipinski definition) is 0. The zero-order valence-corrected chi connectivity index (χ0v) is 32.7. The molecular formula is C31H47Cl4Zr2-7. The van der Waals surface area contributed by atoms with Gasteiger partial charge in [0.1, 0.15) is 0 Å². The molecule has 0 atom stereocenters. The van der Waals surface area contributed by atoms with E-state index in [1.807, 2.05) is 24.3 Å². The predicted molar refractivity (Wildman–Crippen MR) is 158 cm³/mol. The third-order valence-corrected chi connectivity index (χ3v) is 5.73. The van der Waals surface area contributed by atoms with Crippen LogP contribution in [0.1, 0.15) is 67.2 Å². The van der Waals surface area contributed by atoms with E-state index in [9.17, 15) is 0 Å². The van der Waals surface area contributed by atoms with E-state index in [0.29, 0.717) is 0 Å². The first-order valence-corrected chi connectivity index (χ1v) is 16.3. The number of halogens is 4. The Bertz CT molecular complexity index is 736. The second kappa shape index (κ2) is 33.1. The normalized spacial score (nSPS) is 14.7. The Hall–Kier alpha value is 0.846. The van der Waals surface area contributed by atoms with Crippen molar-refractivity contribution in [3.63, 3.8) is 0 Å². The quantitative estimate of drug-likeness (QED) is 0.319. The summed E-state index contributed by atoms with van der Waals surface area (Å²) in [6.45, 7) is 13.6. The Morgan fingerprint density at radius 3 is 0.973 bits per heavy atom. The number of allylic oxidation sites excluding steroid dienone is 16. The minimum Gasteiger partial charge on any atom is 2.00 e. The van der Waals surface area contributed by atoms with Gasteiger partial charge in [0.25, 0.3) is 0 Å². The largest absolute Gasteiger partial charge is 2.00 e. The summed E-state index contributed by atoms with van der Waals surface area (Å²) in [5.74, 6) is 0. The van der Waals surface area contributed by atoms with Crippen LogP contribution in [-0.4, -0.2) is 0 Å². The molecule has 0 saturated carbocycles. The molecule has 0 amide bonds. The van der Waals surface area contributed by atoms with Gasteiger partial charge in [-0.15, -0.1) is 12.8 Å². The fourth-order valence-corrected chi connectivity index (χ4v) is 3.50. The number of hydrogen-bond acceptors (Lipinski definition) is 0. The molecule has 0 aromatic rings. The molecule has 0 nitrogen and oxygen atoms in total. The average Bonchev–Trinajstić information content (AvgIpc) is 3.50. The Kier molecular flexibility index (Phi) is 51.5. The fourth-order valence-electron chi connectivity index (χ4n) is 3.50. The third-order valence-electron chi connectivity index (χ3n) is 5.73. The minimum absolute atomic E-state index is 0. The van der Waals surface area contributed by atoms with Gasteiger partial charge in [-0.25, -0.2) is 24.3 Å². The van der Waals surface area contributed by atoms with Gasteiger partial charge in [-0.1, -0.05) is 11.1 Å². The summed E-state index contributed by atoms with van der Waals surface area (Å²) in [5, 5.41) is 0. The van der Waals surface area contributed by atoms with Crippen molar-refractivity contribution >= 4 is 17.0 Å². The van der Waals surface area contributed by atoms with Gasteiger partial charge in [0.15, 0.2) is 0 Å². The summed E-state index contributed by atoms with van der Waals surface area (Å²) >= 11 is -0.826. The molecule has 0 N–H and O–H groups in total. The van der Waals surface area contributed by atoms with Crippen LogP contribution in [0, 0.1) is 49.3 Å². The molecule has 4 rings (SSSR count). The van der Waals surface area contributed by atoms with E-state index < -0.39 is 20.8 Å². The molecule has 0 radical (unpaired) electrons. The van der Waals surface area contributed by atoms with Gasteiger partial charge in [-0.3, -0.25) is 12.2 Å². The first-order valence-electron chi connectivity index (χ1n) is 9.98. The maximum atomic E-state index is 4.93. The number of rotatable bonds is 1. The van der Waals surface area contributed by atoms with Crippen LogP contribution in [-0.2, 0) is 47.1 Å². The van der Waals surface area contributed by atoms with Crippen LogP contribution in [0.3, 0.4) is 0 Å². The van der Waals surface area contributed by atoms with E-state index in [2.05, 4.69) is 65.8 Å². The second-order valence-electron chi connectivity index (χ2n) is 7.45. The molecule has 4 aliphatic carbocycles. The van der Waals surface area contributed by atoms with Gasteiger partial charge < -0.3 is 61.9 Å². The van der Waals surface area contributed by atoms with Crippen LogP contribution in [0.5, 0.6) is 0 Å². The smallest absolute Gasteiger partial charge is 2.00 e. The first kappa shape index (κ1) is 57.7. The Labute approximate surface area is 283 Å². The van der Waals surface area contributed by atoms with Crippen molar-refractivity contribution in [1.82, 2.24) is 0 Å². The molecule has 214 valence electrons. The van der Waals surface area contributed by atoms with E-state index in [0.717, 1.165) is 12.8 Å². The van der Waals surface area contributed by atoms with Gasteiger partial charge >= 0.3 is 64.1 Å². The molecule has 0 saturated heterocycles. The van der Waals surface area contributed by atoms with E-state index >= 15 is 0 Å². The van der Waals surface area contributed by atoms with Gasteiger partial charge in [0, 0.05) is 0 Å². The van der Waals surface area contributed by atoms with Crippen LogP contribution < -0.4 is 24.8 Å². The van der Waals surface area contributed by atoms with E-state index in [-0.39, 0.29) is 88.2 Å². The maximum Gasteiger partial charge on any atom is 2.00 e. The molecule has 0 aliphatic heterocycles. The summed E-state index contributed by atoms with van der Waals surface area (Å²) in [4.78, 5) is 0. The molecule has 4 aliphatic rings. The zero-order chi connectivity index (χ0) is 21.8. The molecule has 37 heavy (non-hydrogen) atoms.